The number of ether oxygens (including phenoxy) is 1. The molecule has 0 aliphatic carbocycles. The molecule has 1 heterocycles. The lowest BCUT2D eigenvalue weighted by Gasteiger charge is -2.30. The topological polar surface area (TPSA) is 49.4 Å². The van der Waals surface area contributed by atoms with Crippen LogP contribution < -0.4 is 9.84 Å². The van der Waals surface area contributed by atoms with E-state index in [2.05, 4.69) is 0 Å². The third kappa shape index (κ3) is 3.10. The number of hydrogen-bond donors (Lipinski definition) is 0. The summed E-state index contributed by atoms with van der Waals surface area (Å²) < 4.78 is 30.1. The lowest BCUT2D eigenvalue weighted by atomic mass is 10.0. The first-order chi connectivity index (χ1) is 8.35. The van der Waals surface area contributed by atoms with Crippen molar-refractivity contribution in [3.63, 3.8) is 0 Å². The van der Waals surface area contributed by atoms with E-state index in [1.807, 2.05) is 0 Å². The van der Waals surface area contributed by atoms with E-state index >= 15 is 0 Å². The first kappa shape index (κ1) is 13.1. The average Bonchev–Trinajstić information content (AvgIpc) is 2.26. The van der Waals surface area contributed by atoms with Crippen molar-refractivity contribution in [3.05, 3.63) is 40.7 Å². The molecule has 2 rings (SSSR count). The van der Waals surface area contributed by atoms with Crippen molar-refractivity contribution in [2.24, 2.45) is 0 Å². The first-order valence-corrected chi connectivity index (χ1v) is 8.07. The monoisotopic (exact) mass is 270 g/mol. The van der Waals surface area contributed by atoms with Crippen LogP contribution in [0.2, 0.25) is 0 Å². The second-order valence-corrected chi connectivity index (χ2v) is 7.58. The Labute approximate surface area is 107 Å². The molecule has 3 nitrogen and oxygen atoms in total. The normalized spacial score (nSPS) is 20.2. The minimum Gasteiger partial charge on any atom is -0.870 e. The molecule has 0 radical (unpaired) electrons. The highest BCUT2D eigenvalue weighted by Crippen LogP contribution is 2.29. The van der Waals surface area contributed by atoms with Crippen molar-refractivity contribution in [2.75, 3.05) is 12.5 Å². The van der Waals surface area contributed by atoms with Crippen LogP contribution in [0.1, 0.15) is 12.0 Å². The molecule has 1 aromatic carbocycles. The van der Waals surface area contributed by atoms with Gasteiger partial charge in [0.05, 0.1) is 0 Å². The van der Waals surface area contributed by atoms with Gasteiger partial charge in [0.1, 0.15) is 45.5 Å². The number of halogens is 1. The van der Waals surface area contributed by atoms with Gasteiger partial charge in [-0.1, -0.05) is 0 Å². The highest BCUT2D eigenvalue weighted by Gasteiger charge is 2.21. The SMILES string of the molecule is C[S+](C)(=O)/C=C(\[O-])C1CCc2cc(F)ccc2O1. The second kappa shape index (κ2) is 4.72. The van der Waals surface area contributed by atoms with Crippen molar-refractivity contribution in [3.8, 4) is 5.75 Å². The maximum atomic E-state index is 13.0. The average molecular weight is 270 g/mol. The number of rotatable bonds is 2. The molecule has 0 saturated carbocycles. The molecule has 5 heteroatoms. The molecular weight excluding hydrogens is 255 g/mol. The molecule has 1 unspecified atom stereocenters. The second-order valence-electron chi connectivity index (χ2n) is 4.73. The van der Waals surface area contributed by atoms with E-state index in [-0.39, 0.29) is 11.6 Å². The van der Waals surface area contributed by atoms with Crippen molar-refractivity contribution < 1.29 is 18.4 Å². The lowest BCUT2D eigenvalue weighted by Crippen LogP contribution is -2.31. The number of fused-ring (bicyclic) bond motifs is 1. The highest BCUT2D eigenvalue weighted by molar-refractivity contribution is 8.04. The van der Waals surface area contributed by atoms with Gasteiger partial charge in [0.2, 0.25) is 0 Å². The van der Waals surface area contributed by atoms with Crippen molar-refractivity contribution in [1.82, 2.24) is 0 Å². The Balaban J connectivity index is 2.20. The van der Waals surface area contributed by atoms with E-state index in [1.165, 1.54) is 36.1 Å². The zero-order valence-electron chi connectivity index (χ0n) is 10.3. The summed E-state index contributed by atoms with van der Waals surface area (Å²) in [6.45, 7) is 0. The highest BCUT2D eigenvalue weighted by atomic mass is 32.2. The zero-order chi connectivity index (χ0) is 13.3. The number of hydrogen-bond acceptors (Lipinski definition) is 3. The van der Waals surface area contributed by atoms with E-state index in [0.717, 1.165) is 5.56 Å². The van der Waals surface area contributed by atoms with Gasteiger partial charge in [-0.05, 0) is 42.4 Å². The van der Waals surface area contributed by atoms with E-state index < -0.39 is 16.0 Å². The Bertz CT molecular complexity index is 533. The van der Waals surface area contributed by atoms with Gasteiger partial charge in [-0.15, -0.1) is 4.21 Å². The Morgan fingerprint density at radius 1 is 1.56 bits per heavy atom. The van der Waals surface area contributed by atoms with Gasteiger partial charge in [0.25, 0.3) is 0 Å². The quantitative estimate of drug-likeness (QED) is 0.604. The molecule has 1 aliphatic heterocycles. The molecule has 0 saturated heterocycles. The van der Waals surface area contributed by atoms with Gasteiger partial charge >= 0.3 is 0 Å². The Hall–Kier alpha value is -1.36. The van der Waals surface area contributed by atoms with E-state index in [9.17, 15) is 13.7 Å². The molecule has 0 bridgehead atoms. The predicted molar refractivity (Wildman–Crippen MR) is 67.1 cm³/mol. The molecule has 0 N–H and O–H groups in total. The summed E-state index contributed by atoms with van der Waals surface area (Å²) in [7, 11) is -2.22. The summed E-state index contributed by atoms with van der Waals surface area (Å²) in [5.74, 6) is -0.0353. The fraction of sp³-hybridized carbons (Fsp3) is 0.385. The molecule has 1 aromatic rings. The van der Waals surface area contributed by atoms with Crippen LogP contribution in [0.15, 0.2) is 29.4 Å². The summed E-state index contributed by atoms with van der Waals surface area (Å²) in [5.41, 5.74) is 0.771. The van der Waals surface area contributed by atoms with Crippen LogP contribution in [0.3, 0.4) is 0 Å². The minimum absolute atomic E-state index is 0.264. The molecule has 0 fully saturated rings. The summed E-state index contributed by atoms with van der Waals surface area (Å²) >= 11 is 0. The maximum Gasteiger partial charge on any atom is 0.123 e. The standard InChI is InChI=1S/C13H15FO3S/c1-18(2,16)8-11(15)13-5-3-9-7-10(14)4-6-12(9)17-13/h4,6-8,13H,3,5H2,1-2H3. The third-order valence-corrected chi connectivity index (χ3v) is 3.48. The zero-order valence-corrected chi connectivity index (χ0v) is 11.1. The predicted octanol–water partition coefficient (Wildman–Crippen LogP) is 1.48. The van der Waals surface area contributed by atoms with Gasteiger partial charge in [0, 0.05) is 0 Å². The molecule has 98 valence electrons. The van der Waals surface area contributed by atoms with E-state index in [1.54, 1.807) is 0 Å². The van der Waals surface area contributed by atoms with Crippen molar-refractivity contribution in [1.29, 1.82) is 0 Å². The minimum atomic E-state index is -2.22. The fourth-order valence-corrected chi connectivity index (χ4v) is 2.62. The summed E-state index contributed by atoms with van der Waals surface area (Å²) in [6, 6.07) is 4.25. The Morgan fingerprint density at radius 3 is 2.94 bits per heavy atom. The van der Waals surface area contributed by atoms with Gasteiger partial charge in [-0.2, -0.15) is 0 Å². The largest absolute Gasteiger partial charge is 0.870 e. The molecule has 0 aromatic heterocycles. The third-order valence-electron chi connectivity index (χ3n) is 2.68. The smallest absolute Gasteiger partial charge is 0.123 e. The van der Waals surface area contributed by atoms with Gasteiger partial charge in [-0.3, -0.25) is 0 Å². The van der Waals surface area contributed by atoms with Crippen molar-refractivity contribution >= 4 is 9.93 Å². The van der Waals surface area contributed by atoms with Crippen LogP contribution in [-0.2, 0) is 20.6 Å². The molecule has 18 heavy (non-hydrogen) atoms. The van der Waals surface area contributed by atoms with Crippen LogP contribution in [-0.4, -0.2) is 18.6 Å². The van der Waals surface area contributed by atoms with Crippen LogP contribution in [0, 0.1) is 5.82 Å². The lowest BCUT2D eigenvalue weighted by molar-refractivity contribution is -0.318. The van der Waals surface area contributed by atoms with Crippen LogP contribution >= 0.6 is 0 Å². The number of aryl methyl sites for hydroxylation is 1. The van der Waals surface area contributed by atoms with Gasteiger partial charge in [0.15, 0.2) is 0 Å². The maximum absolute atomic E-state index is 13.0. The molecule has 0 spiro atoms. The van der Waals surface area contributed by atoms with Crippen molar-refractivity contribution in [2.45, 2.75) is 18.9 Å². The summed E-state index contributed by atoms with van der Waals surface area (Å²) in [5, 5.41) is 13.1. The summed E-state index contributed by atoms with van der Waals surface area (Å²) in [4.78, 5) is 0. The molecule has 0 amide bonds. The Morgan fingerprint density at radius 2 is 2.28 bits per heavy atom. The summed E-state index contributed by atoms with van der Waals surface area (Å²) in [6.07, 6.45) is 3.49. The Kier molecular flexibility index (Phi) is 3.43. The van der Waals surface area contributed by atoms with Crippen LogP contribution in [0.5, 0.6) is 5.75 Å². The van der Waals surface area contributed by atoms with Gasteiger partial charge < -0.3 is 9.84 Å². The number of benzene rings is 1. The van der Waals surface area contributed by atoms with Gasteiger partial charge in [-0.25, -0.2) is 4.39 Å². The fourth-order valence-electron chi connectivity index (χ4n) is 1.91. The first-order valence-electron chi connectivity index (χ1n) is 5.63. The van der Waals surface area contributed by atoms with Crippen LogP contribution in [0.4, 0.5) is 4.39 Å². The van der Waals surface area contributed by atoms with Crippen LogP contribution in [0.25, 0.3) is 0 Å². The van der Waals surface area contributed by atoms with E-state index in [0.29, 0.717) is 18.6 Å². The molecule has 1 aliphatic rings. The molecule has 1 atom stereocenters. The molecular formula is C13H15FO3S. The van der Waals surface area contributed by atoms with E-state index in [4.69, 9.17) is 4.74 Å².